The maximum absolute atomic E-state index is 13.2. The molecule has 0 unspecified atom stereocenters. The number of alkyl halides is 3. The first kappa shape index (κ1) is 24.6. The molecule has 38 heavy (non-hydrogen) atoms. The lowest BCUT2D eigenvalue weighted by Crippen LogP contribution is -2.35. The lowest BCUT2D eigenvalue weighted by molar-refractivity contribution is -0.137. The Balaban J connectivity index is 1.37. The third kappa shape index (κ3) is 4.79. The van der Waals surface area contributed by atoms with E-state index in [1.165, 1.54) is 22.0 Å². The van der Waals surface area contributed by atoms with Gasteiger partial charge in [-0.25, -0.2) is 19.6 Å². The van der Waals surface area contributed by atoms with Crippen LogP contribution in [0.1, 0.15) is 22.4 Å². The largest absolute Gasteiger partial charge is 0.465 e. The molecule has 3 heterocycles. The summed E-state index contributed by atoms with van der Waals surface area (Å²) in [5, 5.41) is 21.3. The Morgan fingerprint density at radius 2 is 1.95 bits per heavy atom. The zero-order valence-corrected chi connectivity index (χ0v) is 19.4. The Labute approximate surface area is 212 Å². The summed E-state index contributed by atoms with van der Waals surface area (Å²) in [6.45, 7) is 0.410. The van der Waals surface area contributed by atoms with Crippen molar-refractivity contribution in [2.45, 2.75) is 19.1 Å². The van der Waals surface area contributed by atoms with Crippen LogP contribution in [0.4, 0.5) is 28.4 Å². The first-order valence-electron chi connectivity index (χ1n) is 11.2. The highest BCUT2D eigenvalue weighted by molar-refractivity contribution is 5.99. The maximum Gasteiger partial charge on any atom is 0.416 e. The van der Waals surface area contributed by atoms with Crippen molar-refractivity contribution in [2.24, 2.45) is 0 Å². The Kier molecular flexibility index (Phi) is 6.08. The number of nitriles is 1. The second-order valence-corrected chi connectivity index (χ2v) is 8.41. The van der Waals surface area contributed by atoms with Gasteiger partial charge in [0.2, 0.25) is 5.88 Å². The van der Waals surface area contributed by atoms with E-state index in [4.69, 9.17) is 10.00 Å². The third-order valence-corrected chi connectivity index (χ3v) is 5.97. The predicted octanol–water partition coefficient (Wildman–Crippen LogP) is 5.23. The zero-order valence-electron chi connectivity index (χ0n) is 19.4. The number of carboxylic acid groups (broad SMARTS) is 1. The van der Waals surface area contributed by atoms with Crippen molar-refractivity contribution in [3.8, 4) is 17.7 Å². The van der Waals surface area contributed by atoms with Crippen molar-refractivity contribution in [1.82, 2.24) is 19.4 Å². The van der Waals surface area contributed by atoms with Crippen LogP contribution in [0.15, 0.2) is 55.0 Å². The molecule has 0 atom stereocenters. The smallest absolute Gasteiger partial charge is 0.416 e. The highest BCUT2D eigenvalue weighted by atomic mass is 19.4. The van der Waals surface area contributed by atoms with Crippen LogP contribution >= 0.6 is 0 Å². The van der Waals surface area contributed by atoms with E-state index in [1.54, 1.807) is 30.3 Å². The number of fused-ring (bicyclic) bond motifs is 2. The van der Waals surface area contributed by atoms with Crippen LogP contribution in [0.25, 0.3) is 10.9 Å². The molecule has 0 saturated heterocycles. The number of anilines is 1. The molecular formula is C25H17F3N6O4. The van der Waals surface area contributed by atoms with Crippen molar-refractivity contribution >= 4 is 28.7 Å². The highest BCUT2D eigenvalue weighted by Crippen LogP contribution is 2.33. The summed E-state index contributed by atoms with van der Waals surface area (Å²) < 4.78 is 46.7. The summed E-state index contributed by atoms with van der Waals surface area (Å²) in [7, 11) is 0. The average Bonchev–Trinajstić information content (AvgIpc) is 3.31. The predicted molar refractivity (Wildman–Crippen MR) is 127 cm³/mol. The minimum absolute atomic E-state index is 0.127. The van der Waals surface area contributed by atoms with Crippen LogP contribution in [-0.4, -0.2) is 43.2 Å². The molecule has 2 aromatic carbocycles. The van der Waals surface area contributed by atoms with Gasteiger partial charge in [-0.15, -0.1) is 0 Å². The number of hydrogen-bond acceptors (Lipinski definition) is 6. The van der Waals surface area contributed by atoms with Gasteiger partial charge < -0.3 is 20.1 Å². The topological polar surface area (TPSA) is 133 Å². The first-order chi connectivity index (χ1) is 18.1. The van der Waals surface area contributed by atoms with Crippen molar-refractivity contribution in [3.63, 3.8) is 0 Å². The number of rotatable bonds is 3. The number of nitrogens with zero attached hydrogens (tertiary/aromatic N) is 5. The molecule has 0 spiro atoms. The summed E-state index contributed by atoms with van der Waals surface area (Å²) in [6, 6.07) is 10.1. The van der Waals surface area contributed by atoms with E-state index < -0.39 is 23.9 Å². The van der Waals surface area contributed by atoms with Gasteiger partial charge in [-0.05, 0) is 48.9 Å². The molecule has 10 nitrogen and oxygen atoms in total. The van der Waals surface area contributed by atoms with Crippen LogP contribution in [0, 0.1) is 11.3 Å². The van der Waals surface area contributed by atoms with E-state index in [-0.39, 0.29) is 24.3 Å². The fraction of sp³-hybridized carbons (Fsp3) is 0.160. The van der Waals surface area contributed by atoms with E-state index in [0.717, 1.165) is 12.1 Å². The van der Waals surface area contributed by atoms with Gasteiger partial charge in [-0.3, -0.25) is 4.57 Å². The number of ether oxygens (including phenoxy) is 1. The number of benzene rings is 2. The van der Waals surface area contributed by atoms with Gasteiger partial charge in [0, 0.05) is 29.4 Å². The number of aromatic nitrogens is 3. The van der Waals surface area contributed by atoms with Crippen LogP contribution in [0.5, 0.6) is 11.6 Å². The molecule has 2 aromatic heterocycles. The Morgan fingerprint density at radius 3 is 2.68 bits per heavy atom. The lowest BCUT2D eigenvalue weighted by Gasteiger charge is -2.26. The SMILES string of the molecule is N#Cc1cc(NC(=O)n2ccc3cc(Oc4ncnc5c4CCN(C(=O)O)C5)ccc32)cc(C(F)(F)F)c1. The lowest BCUT2D eigenvalue weighted by atomic mass is 10.1. The van der Waals surface area contributed by atoms with Gasteiger partial charge in [-0.2, -0.15) is 18.4 Å². The molecule has 192 valence electrons. The van der Waals surface area contributed by atoms with Crippen molar-refractivity contribution in [3.05, 3.63) is 77.4 Å². The molecule has 2 N–H and O–H groups in total. The van der Waals surface area contributed by atoms with Crippen LogP contribution in [0.3, 0.4) is 0 Å². The van der Waals surface area contributed by atoms with Gasteiger partial charge in [0.05, 0.1) is 35.0 Å². The monoisotopic (exact) mass is 522 g/mol. The number of carbonyl (C=O) groups is 2. The maximum atomic E-state index is 13.2. The van der Waals surface area contributed by atoms with Crippen LogP contribution < -0.4 is 10.1 Å². The molecule has 4 aromatic rings. The number of amides is 2. The Morgan fingerprint density at radius 1 is 1.13 bits per heavy atom. The summed E-state index contributed by atoms with van der Waals surface area (Å²) in [5.74, 6) is 0.711. The van der Waals surface area contributed by atoms with Gasteiger partial charge in [-0.1, -0.05) is 0 Å². The quantitative estimate of drug-likeness (QED) is 0.376. The second kappa shape index (κ2) is 9.40. The summed E-state index contributed by atoms with van der Waals surface area (Å²) >= 11 is 0. The van der Waals surface area contributed by atoms with Crippen molar-refractivity contribution in [1.29, 1.82) is 5.26 Å². The van der Waals surface area contributed by atoms with Gasteiger partial charge in [0.1, 0.15) is 12.1 Å². The minimum Gasteiger partial charge on any atom is -0.465 e. The van der Waals surface area contributed by atoms with Gasteiger partial charge >= 0.3 is 18.3 Å². The molecule has 5 rings (SSSR count). The Hall–Kier alpha value is -5.12. The average molecular weight is 522 g/mol. The fourth-order valence-electron chi connectivity index (χ4n) is 4.16. The number of hydrogen-bond donors (Lipinski definition) is 2. The standard InChI is InChI=1S/C25H17F3N6O4/c26-25(27,28)16-7-14(11-29)8-17(10-16)32-23(35)34-6-3-15-9-18(1-2-21(15)34)38-22-19-4-5-33(24(36)37)12-20(19)30-13-31-22/h1-3,6-10,13H,4-5,12H2,(H,32,35)(H,36,37). The molecule has 2 amide bonds. The summed E-state index contributed by atoms with van der Waals surface area (Å²) in [6.07, 6.45) is -2.57. The van der Waals surface area contributed by atoms with E-state index in [9.17, 15) is 27.9 Å². The third-order valence-electron chi connectivity index (χ3n) is 5.97. The molecule has 13 heteroatoms. The molecular weight excluding hydrogens is 505 g/mol. The normalized spacial score (nSPS) is 13.1. The van der Waals surface area contributed by atoms with E-state index in [2.05, 4.69) is 15.3 Å². The van der Waals surface area contributed by atoms with Crippen LogP contribution in [-0.2, 0) is 19.1 Å². The molecule has 0 radical (unpaired) electrons. The molecule has 0 aliphatic carbocycles. The number of halogens is 3. The first-order valence-corrected chi connectivity index (χ1v) is 11.2. The van der Waals surface area contributed by atoms with Crippen molar-refractivity contribution in [2.75, 3.05) is 11.9 Å². The van der Waals surface area contributed by atoms with E-state index >= 15 is 0 Å². The zero-order chi connectivity index (χ0) is 27.0. The molecule has 0 fully saturated rings. The fourth-order valence-corrected chi connectivity index (χ4v) is 4.16. The van der Waals surface area contributed by atoms with Gasteiger partial charge in [0.25, 0.3) is 0 Å². The molecule has 0 saturated carbocycles. The minimum atomic E-state index is -4.68. The number of nitrogens with one attached hydrogen (secondary N) is 1. The molecule has 1 aliphatic rings. The summed E-state index contributed by atoms with van der Waals surface area (Å²) in [5.41, 5.74) is 0.273. The highest BCUT2D eigenvalue weighted by Gasteiger charge is 2.31. The van der Waals surface area contributed by atoms with E-state index in [1.807, 2.05) is 0 Å². The van der Waals surface area contributed by atoms with E-state index in [0.29, 0.717) is 46.3 Å². The second-order valence-electron chi connectivity index (χ2n) is 8.41. The van der Waals surface area contributed by atoms with Crippen molar-refractivity contribution < 1.29 is 32.6 Å². The summed E-state index contributed by atoms with van der Waals surface area (Å²) in [4.78, 5) is 33.7. The molecule has 1 aliphatic heterocycles. The Bertz CT molecular complexity index is 1630. The van der Waals surface area contributed by atoms with Gasteiger partial charge in [0.15, 0.2) is 0 Å². The number of carbonyl (C=O) groups excluding carboxylic acids is 1. The molecule has 0 bridgehead atoms. The van der Waals surface area contributed by atoms with Crippen LogP contribution in [0.2, 0.25) is 0 Å².